The van der Waals surface area contributed by atoms with Crippen molar-refractivity contribution in [1.29, 1.82) is 0 Å². The summed E-state index contributed by atoms with van der Waals surface area (Å²) in [5.74, 6) is 0.198. The van der Waals surface area contributed by atoms with Gasteiger partial charge in [0.2, 0.25) is 11.9 Å². The molecule has 6 nitrogen and oxygen atoms in total. The summed E-state index contributed by atoms with van der Waals surface area (Å²) < 4.78 is 15.6. The average Bonchev–Trinajstić information content (AvgIpc) is 3.24. The molecule has 1 aromatic carbocycles. The molecule has 1 amide bonds. The van der Waals surface area contributed by atoms with Gasteiger partial charge in [0.15, 0.2) is 0 Å². The molecule has 2 aromatic heterocycles. The molecule has 0 unspecified atom stereocenters. The maximum absolute atomic E-state index is 13.3. The molecule has 3 aromatic rings. The average molecular weight is 429 g/mol. The van der Waals surface area contributed by atoms with Crippen LogP contribution in [0.5, 0.6) is 0 Å². The van der Waals surface area contributed by atoms with E-state index in [1.807, 2.05) is 23.3 Å². The number of hydrogen-bond donors (Lipinski definition) is 1. The van der Waals surface area contributed by atoms with E-state index >= 15 is 0 Å². The van der Waals surface area contributed by atoms with Crippen molar-refractivity contribution in [1.82, 2.24) is 14.9 Å². The minimum absolute atomic E-state index is 0.0607. The van der Waals surface area contributed by atoms with Crippen molar-refractivity contribution in [2.45, 2.75) is 32.7 Å². The summed E-state index contributed by atoms with van der Waals surface area (Å²) in [5.41, 5.74) is 1.39. The van der Waals surface area contributed by atoms with Crippen LogP contribution in [0.2, 0.25) is 0 Å². The largest absolute Gasteiger partial charge is 0.356 e. The summed E-state index contributed by atoms with van der Waals surface area (Å²) in [7, 11) is 0. The van der Waals surface area contributed by atoms with Gasteiger partial charge in [-0.25, -0.2) is 9.37 Å². The lowest BCUT2D eigenvalue weighted by Crippen LogP contribution is -2.45. The summed E-state index contributed by atoms with van der Waals surface area (Å²) in [6, 6.07) is 8.00. The third kappa shape index (κ3) is 4.23. The third-order valence-electron chi connectivity index (χ3n) is 5.42. The fourth-order valence-corrected chi connectivity index (χ4v) is 4.63. The van der Waals surface area contributed by atoms with Gasteiger partial charge in [-0.05, 0) is 48.4 Å². The first-order chi connectivity index (χ1) is 14.6. The van der Waals surface area contributed by atoms with E-state index in [1.54, 1.807) is 16.7 Å². The number of hydrogen-bond acceptors (Lipinski definition) is 5. The van der Waals surface area contributed by atoms with E-state index in [-0.39, 0.29) is 23.2 Å². The maximum atomic E-state index is 13.3. The molecular weight excluding hydrogens is 403 g/mol. The van der Waals surface area contributed by atoms with E-state index in [9.17, 15) is 14.0 Å². The van der Waals surface area contributed by atoms with E-state index in [0.29, 0.717) is 35.8 Å². The lowest BCUT2D eigenvalue weighted by Gasteiger charge is -2.34. The molecule has 1 aliphatic rings. The number of nitrogens with one attached hydrogen (secondary N) is 1. The van der Waals surface area contributed by atoms with Gasteiger partial charge in [0.05, 0.1) is 18.0 Å². The van der Waals surface area contributed by atoms with Gasteiger partial charge in [-0.2, -0.15) is 0 Å². The lowest BCUT2D eigenvalue weighted by atomic mass is 9.97. The summed E-state index contributed by atoms with van der Waals surface area (Å²) in [5, 5.41) is 4.85. The Labute approximate surface area is 178 Å². The number of rotatable bonds is 6. The van der Waals surface area contributed by atoms with E-state index in [0.717, 1.165) is 31.4 Å². The second kappa shape index (κ2) is 8.95. The second-order valence-electron chi connectivity index (χ2n) is 7.64. The number of carbonyl (C=O) groups excluding carboxylic acids is 1. The van der Waals surface area contributed by atoms with Crippen molar-refractivity contribution in [2.75, 3.05) is 24.5 Å². The number of fused-ring (bicyclic) bond motifs is 1. The number of aromatic nitrogens is 2. The van der Waals surface area contributed by atoms with Crippen molar-refractivity contribution >= 4 is 33.4 Å². The van der Waals surface area contributed by atoms with Gasteiger partial charge in [0.25, 0.3) is 5.56 Å². The van der Waals surface area contributed by atoms with Crippen molar-refractivity contribution in [2.24, 2.45) is 5.92 Å². The van der Waals surface area contributed by atoms with Gasteiger partial charge in [-0.3, -0.25) is 14.2 Å². The molecule has 3 heterocycles. The molecular formula is C22H25FN4O2S. The number of piperidine rings is 1. The number of carbonyl (C=O) groups is 1. The molecule has 1 fully saturated rings. The van der Waals surface area contributed by atoms with E-state index in [4.69, 9.17) is 4.98 Å². The molecule has 158 valence electrons. The minimum atomic E-state index is -0.310. The highest BCUT2D eigenvalue weighted by molar-refractivity contribution is 7.17. The first-order valence-electron chi connectivity index (χ1n) is 10.3. The second-order valence-corrected chi connectivity index (χ2v) is 8.56. The van der Waals surface area contributed by atoms with Gasteiger partial charge in [-0.15, -0.1) is 11.3 Å². The highest BCUT2D eigenvalue weighted by atomic mass is 32.1. The van der Waals surface area contributed by atoms with E-state index in [1.165, 1.54) is 23.5 Å². The van der Waals surface area contributed by atoms with Gasteiger partial charge < -0.3 is 10.2 Å². The molecule has 1 saturated heterocycles. The highest BCUT2D eigenvalue weighted by Crippen LogP contribution is 2.25. The molecule has 4 rings (SSSR count). The molecule has 1 aliphatic heterocycles. The number of nitrogens with zero attached hydrogens (tertiary/aromatic N) is 3. The van der Waals surface area contributed by atoms with Crippen LogP contribution in [-0.4, -0.2) is 35.1 Å². The normalized spacial score (nSPS) is 16.7. The van der Waals surface area contributed by atoms with Crippen molar-refractivity contribution in [3.8, 4) is 0 Å². The van der Waals surface area contributed by atoms with Crippen LogP contribution in [0.1, 0.15) is 31.7 Å². The SMILES string of the molecule is CCCNC(=O)[C@@H]1CCCN(c2nc3ccsc3c(=O)n2Cc2ccc(F)cc2)C1. The molecule has 0 spiro atoms. The zero-order chi connectivity index (χ0) is 21.1. The third-order valence-corrected chi connectivity index (χ3v) is 6.32. The fourth-order valence-electron chi connectivity index (χ4n) is 3.85. The summed E-state index contributed by atoms with van der Waals surface area (Å²) >= 11 is 1.37. The summed E-state index contributed by atoms with van der Waals surface area (Å²) in [6.45, 7) is 4.27. The Hall–Kier alpha value is -2.74. The van der Waals surface area contributed by atoms with Crippen LogP contribution in [-0.2, 0) is 11.3 Å². The van der Waals surface area contributed by atoms with Gasteiger partial charge in [0, 0.05) is 19.6 Å². The van der Waals surface area contributed by atoms with Gasteiger partial charge in [0.1, 0.15) is 10.5 Å². The number of thiophene rings is 1. The number of anilines is 1. The predicted octanol–water partition coefficient (Wildman–Crippen LogP) is 3.39. The Morgan fingerprint density at radius 2 is 2.10 bits per heavy atom. The van der Waals surface area contributed by atoms with E-state index in [2.05, 4.69) is 5.32 Å². The molecule has 1 N–H and O–H groups in total. The predicted molar refractivity (Wildman–Crippen MR) is 118 cm³/mol. The van der Waals surface area contributed by atoms with E-state index < -0.39 is 0 Å². The molecule has 1 atom stereocenters. The quantitative estimate of drug-likeness (QED) is 0.654. The number of amides is 1. The summed E-state index contributed by atoms with van der Waals surface area (Å²) in [4.78, 5) is 32.6. The Balaban J connectivity index is 1.69. The number of halogens is 1. The molecule has 0 aliphatic carbocycles. The molecule has 8 heteroatoms. The Kier molecular flexibility index (Phi) is 6.13. The number of benzene rings is 1. The van der Waals surface area contributed by atoms with Crippen molar-refractivity contribution in [3.05, 3.63) is 57.4 Å². The van der Waals surface area contributed by atoms with Crippen LogP contribution >= 0.6 is 11.3 Å². The monoisotopic (exact) mass is 428 g/mol. The highest BCUT2D eigenvalue weighted by Gasteiger charge is 2.28. The Morgan fingerprint density at radius 3 is 2.87 bits per heavy atom. The Morgan fingerprint density at radius 1 is 1.30 bits per heavy atom. The van der Waals surface area contributed by atoms with Crippen molar-refractivity contribution in [3.63, 3.8) is 0 Å². The zero-order valence-electron chi connectivity index (χ0n) is 16.9. The molecule has 0 bridgehead atoms. The molecule has 0 saturated carbocycles. The fraction of sp³-hybridized carbons (Fsp3) is 0.409. The first kappa shape index (κ1) is 20.5. The standard InChI is InChI=1S/C22H25FN4O2S/c1-2-10-24-20(28)16-4-3-11-26(14-16)22-25-18-9-12-30-19(18)21(29)27(22)13-15-5-7-17(23)8-6-15/h5-9,12,16H,2-4,10-11,13-14H2,1H3,(H,24,28)/t16-/m1/s1. The lowest BCUT2D eigenvalue weighted by molar-refractivity contribution is -0.125. The van der Waals surface area contributed by atoms with Gasteiger partial charge >= 0.3 is 0 Å². The van der Waals surface area contributed by atoms with Crippen LogP contribution in [0.4, 0.5) is 10.3 Å². The zero-order valence-corrected chi connectivity index (χ0v) is 17.8. The first-order valence-corrected chi connectivity index (χ1v) is 11.2. The molecule has 30 heavy (non-hydrogen) atoms. The van der Waals surface area contributed by atoms with Crippen LogP contribution in [0.3, 0.4) is 0 Å². The molecule has 0 radical (unpaired) electrons. The topological polar surface area (TPSA) is 67.2 Å². The van der Waals surface area contributed by atoms with Crippen LogP contribution in [0.15, 0.2) is 40.5 Å². The van der Waals surface area contributed by atoms with Crippen LogP contribution in [0, 0.1) is 11.7 Å². The van der Waals surface area contributed by atoms with Crippen molar-refractivity contribution < 1.29 is 9.18 Å². The summed E-state index contributed by atoms with van der Waals surface area (Å²) in [6.07, 6.45) is 2.59. The maximum Gasteiger partial charge on any atom is 0.273 e. The smallest absolute Gasteiger partial charge is 0.273 e. The van der Waals surface area contributed by atoms with Crippen LogP contribution < -0.4 is 15.8 Å². The Bertz CT molecular complexity index is 1090. The van der Waals surface area contributed by atoms with Crippen LogP contribution in [0.25, 0.3) is 10.2 Å². The van der Waals surface area contributed by atoms with Gasteiger partial charge in [-0.1, -0.05) is 19.1 Å². The minimum Gasteiger partial charge on any atom is -0.356 e.